The van der Waals surface area contributed by atoms with Gasteiger partial charge in [0.2, 0.25) is 17.2 Å². The molecule has 1 aliphatic carbocycles. The summed E-state index contributed by atoms with van der Waals surface area (Å²) in [6.45, 7) is 8.13. The minimum Gasteiger partial charge on any atom is -0.351 e. The Morgan fingerprint density at radius 2 is 1.95 bits per heavy atom. The molecular formula is C13H22ClN5. The number of halogens is 1. The fraction of sp³-hybridized carbons (Fsp3) is 0.769. The molecule has 2 unspecified atom stereocenters. The molecule has 5 nitrogen and oxygen atoms in total. The summed E-state index contributed by atoms with van der Waals surface area (Å²) < 4.78 is 0. The first-order valence-electron chi connectivity index (χ1n) is 7.07. The van der Waals surface area contributed by atoms with Crippen LogP contribution in [-0.4, -0.2) is 34.1 Å². The normalized spacial score (nSPS) is 22.5. The standard InChI is InChI=1S/C13H22ClN5/c1-4-19(5-2)13-17-11(14)16-12(18-13)15-10-8-6-7-9(10)3/h9-10H,4-8H2,1-3H3,(H,15,16,17,18). The van der Waals surface area contributed by atoms with Crippen LogP contribution in [0.1, 0.15) is 40.0 Å². The van der Waals surface area contributed by atoms with Crippen LogP contribution in [0.5, 0.6) is 0 Å². The van der Waals surface area contributed by atoms with Crippen LogP contribution in [0.25, 0.3) is 0 Å². The third-order valence-corrected chi connectivity index (χ3v) is 3.99. The van der Waals surface area contributed by atoms with Gasteiger partial charge in [0, 0.05) is 19.1 Å². The van der Waals surface area contributed by atoms with Gasteiger partial charge < -0.3 is 10.2 Å². The van der Waals surface area contributed by atoms with Crippen LogP contribution in [0.2, 0.25) is 5.28 Å². The Kier molecular flexibility index (Phi) is 4.80. The van der Waals surface area contributed by atoms with Crippen molar-refractivity contribution in [3.8, 4) is 0 Å². The molecule has 6 heteroatoms. The molecule has 1 aliphatic rings. The average Bonchev–Trinajstić information content (AvgIpc) is 2.76. The van der Waals surface area contributed by atoms with Gasteiger partial charge in [-0.05, 0) is 44.2 Å². The zero-order valence-electron chi connectivity index (χ0n) is 11.9. The molecule has 1 saturated carbocycles. The summed E-state index contributed by atoms with van der Waals surface area (Å²) in [6.07, 6.45) is 3.70. The zero-order chi connectivity index (χ0) is 13.8. The predicted octanol–water partition coefficient (Wildman–Crippen LogP) is 2.97. The smallest absolute Gasteiger partial charge is 0.231 e. The van der Waals surface area contributed by atoms with Crippen LogP contribution in [0.3, 0.4) is 0 Å². The van der Waals surface area contributed by atoms with E-state index in [0.717, 1.165) is 13.1 Å². The maximum absolute atomic E-state index is 6.00. The molecule has 106 valence electrons. The first kappa shape index (κ1) is 14.3. The van der Waals surface area contributed by atoms with Crippen molar-refractivity contribution in [3.05, 3.63) is 5.28 Å². The highest BCUT2D eigenvalue weighted by Gasteiger charge is 2.24. The molecule has 0 radical (unpaired) electrons. The van der Waals surface area contributed by atoms with Gasteiger partial charge in [0.25, 0.3) is 0 Å². The van der Waals surface area contributed by atoms with Crippen molar-refractivity contribution in [2.75, 3.05) is 23.3 Å². The fourth-order valence-electron chi connectivity index (χ4n) is 2.58. The van der Waals surface area contributed by atoms with E-state index in [-0.39, 0.29) is 5.28 Å². The minimum absolute atomic E-state index is 0.255. The minimum atomic E-state index is 0.255. The van der Waals surface area contributed by atoms with Gasteiger partial charge in [0.1, 0.15) is 0 Å². The van der Waals surface area contributed by atoms with E-state index in [0.29, 0.717) is 23.9 Å². The predicted molar refractivity (Wildman–Crippen MR) is 78.8 cm³/mol. The maximum atomic E-state index is 6.00. The van der Waals surface area contributed by atoms with Crippen molar-refractivity contribution >= 4 is 23.5 Å². The summed E-state index contributed by atoms with van der Waals surface area (Å²) in [7, 11) is 0. The summed E-state index contributed by atoms with van der Waals surface area (Å²) in [6, 6.07) is 0.447. The molecule has 1 aromatic heterocycles. The van der Waals surface area contributed by atoms with Crippen molar-refractivity contribution in [2.45, 2.75) is 46.1 Å². The highest BCUT2D eigenvalue weighted by molar-refractivity contribution is 6.28. The van der Waals surface area contributed by atoms with E-state index >= 15 is 0 Å². The maximum Gasteiger partial charge on any atom is 0.231 e. The third kappa shape index (κ3) is 3.47. The molecule has 2 atom stereocenters. The molecule has 0 bridgehead atoms. The van der Waals surface area contributed by atoms with E-state index in [1.165, 1.54) is 19.3 Å². The Morgan fingerprint density at radius 1 is 1.21 bits per heavy atom. The highest BCUT2D eigenvalue weighted by atomic mass is 35.5. The molecule has 19 heavy (non-hydrogen) atoms. The second kappa shape index (κ2) is 6.37. The quantitative estimate of drug-likeness (QED) is 0.900. The Labute approximate surface area is 119 Å². The van der Waals surface area contributed by atoms with Crippen LogP contribution in [0, 0.1) is 5.92 Å². The molecule has 2 rings (SSSR count). The summed E-state index contributed by atoms with van der Waals surface area (Å²) in [5.41, 5.74) is 0. The van der Waals surface area contributed by atoms with Crippen LogP contribution in [0.15, 0.2) is 0 Å². The van der Waals surface area contributed by atoms with Gasteiger partial charge in [-0.15, -0.1) is 0 Å². The lowest BCUT2D eigenvalue weighted by molar-refractivity contribution is 0.552. The Bertz CT molecular complexity index is 421. The average molecular weight is 284 g/mol. The highest BCUT2D eigenvalue weighted by Crippen LogP contribution is 2.27. The van der Waals surface area contributed by atoms with Gasteiger partial charge in [-0.3, -0.25) is 0 Å². The van der Waals surface area contributed by atoms with E-state index in [4.69, 9.17) is 11.6 Å². The zero-order valence-corrected chi connectivity index (χ0v) is 12.6. The van der Waals surface area contributed by atoms with Gasteiger partial charge in [-0.25, -0.2) is 0 Å². The van der Waals surface area contributed by atoms with E-state index in [1.54, 1.807) is 0 Å². The number of anilines is 2. The summed E-state index contributed by atoms with van der Waals surface area (Å²) in [5, 5.41) is 3.66. The lowest BCUT2D eigenvalue weighted by atomic mass is 10.1. The third-order valence-electron chi connectivity index (χ3n) is 3.82. The number of nitrogens with zero attached hydrogens (tertiary/aromatic N) is 4. The lowest BCUT2D eigenvalue weighted by Crippen LogP contribution is -2.27. The largest absolute Gasteiger partial charge is 0.351 e. The molecule has 0 amide bonds. The van der Waals surface area contributed by atoms with Gasteiger partial charge in [-0.1, -0.05) is 13.3 Å². The fourth-order valence-corrected chi connectivity index (χ4v) is 2.73. The Balaban J connectivity index is 2.16. The van der Waals surface area contributed by atoms with Crippen molar-refractivity contribution in [1.82, 2.24) is 15.0 Å². The topological polar surface area (TPSA) is 53.9 Å². The van der Waals surface area contributed by atoms with Crippen LogP contribution < -0.4 is 10.2 Å². The van der Waals surface area contributed by atoms with E-state index in [2.05, 4.69) is 45.9 Å². The molecule has 1 fully saturated rings. The molecule has 0 aromatic carbocycles. The second-order valence-electron chi connectivity index (χ2n) is 5.06. The van der Waals surface area contributed by atoms with Gasteiger partial charge in [0.05, 0.1) is 0 Å². The van der Waals surface area contributed by atoms with Crippen LogP contribution in [0.4, 0.5) is 11.9 Å². The number of hydrogen-bond acceptors (Lipinski definition) is 5. The van der Waals surface area contributed by atoms with Crippen LogP contribution in [-0.2, 0) is 0 Å². The molecule has 1 heterocycles. The SMILES string of the molecule is CCN(CC)c1nc(Cl)nc(NC2CCCC2C)n1. The van der Waals surface area contributed by atoms with Gasteiger partial charge >= 0.3 is 0 Å². The number of nitrogens with one attached hydrogen (secondary N) is 1. The molecule has 1 aromatic rings. The summed E-state index contributed by atoms with van der Waals surface area (Å²) >= 11 is 6.00. The summed E-state index contributed by atoms with van der Waals surface area (Å²) in [5.74, 6) is 1.91. The molecular weight excluding hydrogens is 262 g/mol. The monoisotopic (exact) mass is 283 g/mol. The van der Waals surface area contributed by atoms with Crippen LogP contribution >= 0.6 is 11.6 Å². The molecule has 0 aliphatic heterocycles. The molecule has 0 saturated heterocycles. The summed E-state index contributed by atoms with van der Waals surface area (Å²) in [4.78, 5) is 14.9. The van der Waals surface area contributed by atoms with Gasteiger partial charge in [0.15, 0.2) is 0 Å². The van der Waals surface area contributed by atoms with Crippen molar-refractivity contribution < 1.29 is 0 Å². The lowest BCUT2D eigenvalue weighted by Gasteiger charge is -2.21. The van der Waals surface area contributed by atoms with Gasteiger partial charge in [-0.2, -0.15) is 15.0 Å². The van der Waals surface area contributed by atoms with Crippen molar-refractivity contribution in [1.29, 1.82) is 0 Å². The van der Waals surface area contributed by atoms with E-state index in [1.807, 2.05) is 0 Å². The molecule has 1 N–H and O–H groups in total. The first-order chi connectivity index (χ1) is 9.13. The van der Waals surface area contributed by atoms with Crippen molar-refractivity contribution in [3.63, 3.8) is 0 Å². The number of aromatic nitrogens is 3. The number of rotatable bonds is 5. The first-order valence-corrected chi connectivity index (χ1v) is 7.44. The molecule has 0 spiro atoms. The second-order valence-corrected chi connectivity index (χ2v) is 5.40. The van der Waals surface area contributed by atoms with Crippen molar-refractivity contribution in [2.24, 2.45) is 5.92 Å². The van der Waals surface area contributed by atoms with E-state index < -0.39 is 0 Å². The number of hydrogen-bond donors (Lipinski definition) is 1. The van der Waals surface area contributed by atoms with E-state index in [9.17, 15) is 0 Å². The Morgan fingerprint density at radius 3 is 2.53 bits per heavy atom. The Hall–Kier alpha value is -1.10.